The highest BCUT2D eigenvalue weighted by Crippen LogP contribution is 2.32. The molecule has 0 amide bonds. The largest absolute Gasteiger partial charge is 0.399 e. The van der Waals surface area contributed by atoms with Crippen LogP contribution in [0.5, 0.6) is 0 Å². The zero-order valence-corrected chi connectivity index (χ0v) is 36.2. The van der Waals surface area contributed by atoms with Crippen molar-refractivity contribution in [3.8, 4) is 12.1 Å². The van der Waals surface area contributed by atoms with Crippen molar-refractivity contribution < 1.29 is 0 Å². The van der Waals surface area contributed by atoms with Gasteiger partial charge >= 0.3 is 0 Å². The number of piperazine rings is 2. The van der Waals surface area contributed by atoms with Crippen LogP contribution >= 0.6 is 57.8 Å². The number of aromatic nitrogens is 6. The zero-order chi connectivity index (χ0) is 41.6. The summed E-state index contributed by atoms with van der Waals surface area (Å²) >= 11 is 11.4. The van der Waals surface area contributed by atoms with Gasteiger partial charge in [-0.2, -0.15) is 10.5 Å². The molecule has 6 heterocycles. The lowest BCUT2D eigenvalue weighted by Crippen LogP contribution is -2.44. The van der Waals surface area contributed by atoms with E-state index in [9.17, 15) is 0 Å². The second-order valence-corrected chi connectivity index (χ2v) is 17.5. The number of nitrogens with one attached hydrogen (secondary N) is 3. The smallest absolute Gasteiger partial charge is 0.196 e. The maximum Gasteiger partial charge on any atom is 0.196 e. The van der Waals surface area contributed by atoms with Gasteiger partial charge in [-0.1, -0.05) is 34.3 Å². The molecule has 0 bridgehead atoms. The van der Waals surface area contributed by atoms with E-state index in [1.54, 1.807) is 12.3 Å². The van der Waals surface area contributed by atoms with Crippen LogP contribution in [0, 0.1) is 22.7 Å². The van der Waals surface area contributed by atoms with E-state index in [0.29, 0.717) is 52.8 Å². The number of rotatable bonds is 9. The molecule has 2 aromatic carbocycles. The van der Waals surface area contributed by atoms with Crippen LogP contribution < -0.4 is 32.3 Å². The highest BCUT2D eigenvalue weighted by atomic mass is 35.5. The summed E-state index contributed by atoms with van der Waals surface area (Å²) in [5.74, 6) is 2.05. The second-order valence-electron chi connectivity index (χ2n) is 13.0. The predicted molar refractivity (Wildman–Crippen MR) is 239 cm³/mol. The van der Waals surface area contributed by atoms with E-state index in [1.165, 1.54) is 65.5 Å². The Morgan fingerprint density at radius 1 is 0.678 bits per heavy atom. The van der Waals surface area contributed by atoms with Gasteiger partial charge in [0, 0.05) is 85.7 Å². The third-order valence-corrected chi connectivity index (χ3v) is 12.0. The molecule has 2 saturated heterocycles. The highest BCUT2D eigenvalue weighted by molar-refractivity contribution is 7.99. The van der Waals surface area contributed by atoms with Crippen molar-refractivity contribution in [2.75, 3.05) is 93.5 Å². The molecule has 21 heteroatoms. The Balaban J connectivity index is 0.000000173. The van der Waals surface area contributed by atoms with E-state index in [-0.39, 0.29) is 0 Å². The second kappa shape index (κ2) is 21.6. The summed E-state index contributed by atoms with van der Waals surface area (Å²) in [6.07, 6.45) is 3.05. The maximum absolute atomic E-state index is 9.02. The number of likely N-dealkylation sites (N-methyl/N-ethyl adjacent to an activating group) is 2. The molecular weight excluding hydrogens is 844 g/mol. The average molecular weight is 886 g/mol. The van der Waals surface area contributed by atoms with E-state index in [2.05, 4.69) is 75.7 Å². The van der Waals surface area contributed by atoms with Crippen molar-refractivity contribution in [3.05, 3.63) is 88.0 Å². The molecule has 6 aromatic rings. The third-order valence-electron chi connectivity index (χ3n) is 8.41. The number of benzene rings is 2. The predicted octanol–water partition coefficient (Wildman–Crippen LogP) is 6.49. The molecule has 16 nitrogen and oxygen atoms in total. The van der Waals surface area contributed by atoms with Gasteiger partial charge in [-0.25, -0.2) is 29.9 Å². The first-order valence-corrected chi connectivity index (χ1v) is 21.8. The molecule has 304 valence electrons. The fourth-order valence-electron chi connectivity index (χ4n) is 5.27. The average Bonchev–Trinajstić information content (AvgIpc) is 3.89. The Labute approximate surface area is 364 Å². The van der Waals surface area contributed by atoms with Crippen molar-refractivity contribution in [3.63, 3.8) is 0 Å². The Bertz CT molecular complexity index is 2350. The van der Waals surface area contributed by atoms with Crippen molar-refractivity contribution >= 4 is 96.9 Å². The topological polar surface area (TPSA) is 223 Å². The van der Waals surface area contributed by atoms with E-state index >= 15 is 0 Å². The molecule has 0 unspecified atom stereocenters. The SMILES string of the molecule is CN1CCN(c2cc(Nc3ncc(C#N)s3)nc(Sc3ccc(N)cc3)n2)CC1.CN1CCNCC1.N#Cc1cnc(Nc2cc(Cl)nc(Sc3ccc(N)cc3)n2)s1. The van der Waals surface area contributed by atoms with Gasteiger partial charge in [0.05, 0.1) is 12.4 Å². The molecule has 0 atom stereocenters. The van der Waals surface area contributed by atoms with E-state index in [1.807, 2.05) is 60.7 Å². The first-order chi connectivity index (χ1) is 28.6. The molecule has 2 aliphatic rings. The van der Waals surface area contributed by atoms with Crippen LogP contribution in [0.3, 0.4) is 0 Å². The summed E-state index contributed by atoms with van der Waals surface area (Å²) in [6.45, 7) is 8.55. The summed E-state index contributed by atoms with van der Waals surface area (Å²) in [6, 6.07) is 22.7. The van der Waals surface area contributed by atoms with Crippen LogP contribution in [-0.4, -0.2) is 106 Å². The molecule has 59 heavy (non-hydrogen) atoms. The van der Waals surface area contributed by atoms with E-state index in [4.69, 9.17) is 38.6 Å². The van der Waals surface area contributed by atoms with Gasteiger partial charge in [-0.3, -0.25) is 0 Å². The van der Waals surface area contributed by atoms with Crippen molar-refractivity contribution in [2.24, 2.45) is 0 Å². The molecule has 2 aliphatic heterocycles. The van der Waals surface area contributed by atoms with Crippen molar-refractivity contribution in [1.29, 1.82) is 10.5 Å². The van der Waals surface area contributed by atoms with Crippen LogP contribution in [0.15, 0.2) is 93.2 Å². The number of nitrogens with two attached hydrogens (primary N) is 2. The number of nitriles is 2. The Kier molecular flexibility index (Phi) is 15.9. The molecule has 0 saturated carbocycles. The summed E-state index contributed by atoms with van der Waals surface area (Å²) in [7, 11) is 4.28. The molecule has 7 N–H and O–H groups in total. The lowest BCUT2D eigenvalue weighted by atomic mass is 10.3. The minimum Gasteiger partial charge on any atom is -0.399 e. The van der Waals surface area contributed by atoms with E-state index < -0.39 is 0 Å². The Morgan fingerprint density at radius 3 is 1.61 bits per heavy atom. The van der Waals surface area contributed by atoms with Gasteiger partial charge < -0.3 is 42.1 Å². The fourth-order valence-corrected chi connectivity index (χ4v) is 8.28. The van der Waals surface area contributed by atoms with Gasteiger partial charge in [0.2, 0.25) is 0 Å². The number of thiazole rings is 2. The minimum absolute atomic E-state index is 0.317. The van der Waals surface area contributed by atoms with Crippen LogP contribution in [0.1, 0.15) is 9.75 Å². The van der Waals surface area contributed by atoms with Gasteiger partial charge in [0.1, 0.15) is 44.5 Å². The summed E-state index contributed by atoms with van der Waals surface area (Å²) in [5, 5.41) is 30.0. The molecule has 4 aromatic heterocycles. The Morgan fingerprint density at radius 2 is 1.15 bits per heavy atom. The van der Waals surface area contributed by atoms with Crippen molar-refractivity contribution in [2.45, 2.75) is 20.1 Å². The van der Waals surface area contributed by atoms with Gasteiger partial charge in [0.15, 0.2) is 20.6 Å². The van der Waals surface area contributed by atoms with Gasteiger partial charge in [0.25, 0.3) is 0 Å². The number of nitrogen functional groups attached to an aromatic ring is 2. The molecule has 8 rings (SSSR count). The molecule has 0 radical (unpaired) electrons. The van der Waals surface area contributed by atoms with E-state index in [0.717, 1.165) is 60.6 Å². The number of halogens is 1. The van der Waals surface area contributed by atoms with Crippen LogP contribution in [0.4, 0.5) is 39.1 Å². The molecule has 2 fully saturated rings. The normalized spacial score (nSPS) is 14.2. The van der Waals surface area contributed by atoms with Crippen LogP contribution in [0.25, 0.3) is 0 Å². The molecular formula is C38H41ClN16S4. The lowest BCUT2D eigenvalue weighted by Gasteiger charge is -2.33. The summed E-state index contributed by atoms with van der Waals surface area (Å²) in [5.41, 5.74) is 12.9. The number of anilines is 7. The number of hydrogen-bond acceptors (Lipinski definition) is 20. The maximum atomic E-state index is 9.02. The lowest BCUT2D eigenvalue weighted by molar-refractivity contribution is 0.291. The van der Waals surface area contributed by atoms with Gasteiger partial charge in [-0.15, -0.1) is 0 Å². The first-order valence-electron chi connectivity index (χ1n) is 18.2. The summed E-state index contributed by atoms with van der Waals surface area (Å²) in [4.78, 5) is 36.3. The highest BCUT2D eigenvalue weighted by Gasteiger charge is 2.18. The van der Waals surface area contributed by atoms with Gasteiger partial charge in [-0.05, 0) is 86.2 Å². The molecule has 0 spiro atoms. The third kappa shape index (κ3) is 13.9. The quantitative estimate of drug-likeness (QED) is 0.0595. The Hall–Kier alpha value is -5.29. The van der Waals surface area contributed by atoms with Crippen LogP contribution in [0.2, 0.25) is 5.15 Å². The van der Waals surface area contributed by atoms with Crippen molar-refractivity contribution in [1.82, 2.24) is 45.0 Å². The zero-order valence-electron chi connectivity index (χ0n) is 32.2. The summed E-state index contributed by atoms with van der Waals surface area (Å²) < 4.78 is 0. The molecule has 0 aliphatic carbocycles. The monoisotopic (exact) mass is 884 g/mol. The fraction of sp³-hybridized carbons (Fsp3) is 0.263. The van der Waals surface area contributed by atoms with Crippen LogP contribution in [-0.2, 0) is 0 Å². The number of nitrogens with zero attached hydrogens (tertiary/aromatic N) is 11. The standard InChI is InChI=1S/C19H20N8S2.C14H9ClN6S2.C5H12N2/c1-26-6-8-27(9-7-26)17-10-16(23-18-22-12-15(11-20)29-18)24-19(25-17)28-14-4-2-13(21)3-5-14;15-11-5-12(20-13-18-7-10(6-16)23-13)21-14(19-11)22-9-3-1-8(17)2-4-9;1-7-4-2-6-3-5-7/h2-5,10,12H,6-9,21H2,1H3,(H,22,23,24,25);1-5,7H,17H2,(H,18,19,20,21);6H,2-5H2,1H3. The number of hydrogen-bond donors (Lipinski definition) is 5. The minimum atomic E-state index is 0.317. The first kappa shape index (κ1) is 43.3.